The molecular weight excluding hydrogens is 232 g/mol. The molecule has 18 heavy (non-hydrogen) atoms. The Morgan fingerprint density at radius 1 is 1.39 bits per heavy atom. The summed E-state index contributed by atoms with van der Waals surface area (Å²) in [6.45, 7) is 1.81. The molecule has 3 amide bonds. The van der Waals surface area contributed by atoms with Crippen LogP contribution in [0, 0.1) is 0 Å². The lowest BCUT2D eigenvalue weighted by Crippen LogP contribution is -2.33. The van der Waals surface area contributed by atoms with Gasteiger partial charge in [0.1, 0.15) is 0 Å². The van der Waals surface area contributed by atoms with Crippen LogP contribution in [0.25, 0.3) is 0 Å². The highest BCUT2D eigenvalue weighted by Gasteiger charge is 2.26. The van der Waals surface area contributed by atoms with Gasteiger partial charge >= 0.3 is 6.03 Å². The van der Waals surface area contributed by atoms with Gasteiger partial charge in [0.25, 0.3) is 5.91 Å². The third kappa shape index (κ3) is 2.28. The van der Waals surface area contributed by atoms with Gasteiger partial charge in [-0.25, -0.2) is 10.6 Å². The number of hydrazine groups is 1. The van der Waals surface area contributed by atoms with E-state index >= 15 is 0 Å². The minimum atomic E-state index is -0.342. The second kappa shape index (κ2) is 5.05. The largest absolute Gasteiger partial charge is 0.326 e. The fraction of sp³-hybridized carbons (Fsp3) is 0.333. The Balaban J connectivity index is 2.19. The second-order valence-corrected chi connectivity index (χ2v) is 4.26. The molecule has 1 aromatic carbocycles. The third-order valence-corrected chi connectivity index (χ3v) is 3.06. The van der Waals surface area contributed by atoms with E-state index < -0.39 is 0 Å². The zero-order valence-electron chi connectivity index (χ0n) is 10.2. The van der Waals surface area contributed by atoms with E-state index in [0.717, 1.165) is 5.56 Å². The molecule has 0 radical (unpaired) electrons. The summed E-state index contributed by atoms with van der Waals surface area (Å²) in [7, 11) is 1.76. The monoisotopic (exact) mass is 248 g/mol. The summed E-state index contributed by atoms with van der Waals surface area (Å²) in [6.07, 6.45) is 0. The van der Waals surface area contributed by atoms with Crippen molar-refractivity contribution in [3.05, 3.63) is 35.4 Å². The van der Waals surface area contributed by atoms with Crippen LogP contribution in [0.1, 0.15) is 15.9 Å². The molecule has 3 N–H and O–H groups in total. The quantitative estimate of drug-likeness (QED) is 0.454. The first-order valence-electron chi connectivity index (χ1n) is 5.72. The molecule has 0 bridgehead atoms. The summed E-state index contributed by atoms with van der Waals surface area (Å²) in [5.41, 5.74) is 3.41. The van der Waals surface area contributed by atoms with Crippen molar-refractivity contribution >= 4 is 11.9 Å². The van der Waals surface area contributed by atoms with Gasteiger partial charge in [0, 0.05) is 32.2 Å². The molecule has 0 spiro atoms. The van der Waals surface area contributed by atoms with Crippen LogP contribution in [-0.2, 0) is 6.54 Å². The molecular formula is C12H16N4O2. The second-order valence-electron chi connectivity index (χ2n) is 4.26. The Labute approximate surface area is 105 Å². The number of nitrogens with zero attached hydrogens (tertiary/aromatic N) is 2. The van der Waals surface area contributed by atoms with Gasteiger partial charge in [-0.2, -0.15) is 0 Å². The first kappa shape index (κ1) is 12.4. The van der Waals surface area contributed by atoms with Gasteiger partial charge in [0.05, 0.1) is 0 Å². The molecule has 1 aliphatic heterocycles. The molecule has 0 aromatic heterocycles. The number of nitrogen functional groups attached to an aromatic ring is 1. The fourth-order valence-electron chi connectivity index (χ4n) is 2.01. The van der Waals surface area contributed by atoms with E-state index in [1.807, 2.05) is 12.1 Å². The normalized spacial score (nSPS) is 15.1. The molecule has 6 heteroatoms. The highest BCUT2D eigenvalue weighted by Crippen LogP contribution is 2.15. The highest BCUT2D eigenvalue weighted by atomic mass is 16.2. The smallest absolute Gasteiger partial charge is 0.320 e. The van der Waals surface area contributed by atoms with Crippen LogP contribution in [0.2, 0.25) is 0 Å². The number of urea groups is 1. The van der Waals surface area contributed by atoms with E-state index in [2.05, 4.69) is 5.43 Å². The van der Waals surface area contributed by atoms with Crippen molar-refractivity contribution in [1.29, 1.82) is 0 Å². The SMILES string of the molecule is CN1CCN(Cc2ccccc2C(=O)NN)C1=O. The summed E-state index contributed by atoms with van der Waals surface area (Å²) in [4.78, 5) is 26.8. The lowest BCUT2D eigenvalue weighted by atomic mass is 10.1. The molecule has 0 saturated carbocycles. The fourth-order valence-corrected chi connectivity index (χ4v) is 2.01. The third-order valence-electron chi connectivity index (χ3n) is 3.06. The van der Waals surface area contributed by atoms with E-state index in [0.29, 0.717) is 25.2 Å². The van der Waals surface area contributed by atoms with E-state index in [-0.39, 0.29) is 11.9 Å². The van der Waals surface area contributed by atoms with Crippen LogP contribution in [0.4, 0.5) is 4.79 Å². The maximum Gasteiger partial charge on any atom is 0.320 e. The summed E-state index contributed by atoms with van der Waals surface area (Å²) in [6, 6.07) is 7.12. The average Bonchev–Trinajstić information content (AvgIpc) is 2.70. The van der Waals surface area contributed by atoms with E-state index in [1.54, 1.807) is 29.0 Å². The number of nitrogens with two attached hydrogens (primary N) is 1. The van der Waals surface area contributed by atoms with Gasteiger partial charge in [-0.05, 0) is 11.6 Å². The van der Waals surface area contributed by atoms with Crippen molar-refractivity contribution in [1.82, 2.24) is 15.2 Å². The first-order valence-corrected chi connectivity index (χ1v) is 5.72. The zero-order valence-corrected chi connectivity index (χ0v) is 10.2. The number of carbonyl (C=O) groups is 2. The van der Waals surface area contributed by atoms with Crippen LogP contribution in [0.3, 0.4) is 0 Å². The Hall–Kier alpha value is -2.08. The maximum atomic E-state index is 11.8. The van der Waals surface area contributed by atoms with Gasteiger partial charge in [-0.15, -0.1) is 0 Å². The lowest BCUT2D eigenvalue weighted by molar-refractivity contribution is 0.0951. The molecule has 2 rings (SSSR count). The summed E-state index contributed by atoms with van der Waals surface area (Å²) in [5, 5.41) is 0. The summed E-state index contributed by atoms with van der Waals surface area (Å²) < 4.78 is 0. The maximum absolute atomic E-state index is 11.8. The molecule has 0 unspecified atom stereocenters. The summed E-state index contributed by atoms with van der Waals surface area (Å²) in [5.74, 6) is 4.80. The Morgan fingerprint density at radius 3 is 2.72 bits per heavy atom. The van der Waals surface area contributed by atoms with Crippen molar-refractivity contribution in [3.63, 3.8) is 0 Å². The van der Waals surface area contributed by atoms with Crippen molar-refractivity contribution in [2.45, 2.75) is 6.54 Å². The molecule has 1 aromatic rings. The minimum absolute atomic E-state index is 0.0158. The average molecular weight is 248 g/mol. The molecule has 1 heterocycles. The van der Waals surface area contributed by atoms with Gasteiger partial charge < -0.3 is 9.80 Å². The molecule has 0 aliphatic carbocycles. The number of hydrogen-bond donors (Lipinski definition) is 2. The number of amides is 3. The van der Waals surface area contributed by atoms with E-state index in [9.17, 15) is 9.59 Å². The lowest BCUT2D eigenvalue weighted by Gasteiger charge is -2.17. The Bertz CT molecular complexity index is 475. The minimum Gasteiger partial charge on any atom is -0.326 e. The standard InChI is InChI=1S/C12H16N4O2/c1-15-6-7-16(12(15)18)8-9-4-2-3-5-10(9)11(17)14-13/h2-5H,6-8,13H2,1H3,(H,14,17). The Morgan fingerprint density at radius 2 is 2.11 bits per heavy atom. The molecule has 1 fully saturated rings. The molecule has 96 valence electrons. The highest BCUT2D eigenvalue weighted by molar-refractivity contribution is 5.95. The van der Waals surface area contributed by atoms with Crippen molar-refractivity contribution in [3.8, 4) is 0 Å². The van der Waals surface area contributed by atoms with E-state index in [1.165, 1.54) is 0 Å². The first-order chi connectivity index (χ1) is 8.63. The van der Waals surface area contributed by atoms with E-state index in [4.69, 9.17) is 5.84 Å². The van der Waals surface area contributed by atoms with Crippen molar-refractivity contribution < 1.29 is 9.59 Å². The van der Waals surface area contributed by atoms with Crippen LogP contribution in [0.5, 0.6) is 0 Å². The van der Waals surface area contributed by atoms with Gasteiger partial charge in [-0.1, -0.05) is 18.2 Å². The number of likely N-dealkylation sites (N-methyl/N-ethyl adjacent to an activating group) is 1. The topological polar surface area (TPSA) is 78.7 Å². The van der Waals surface area contributed by atoms with Gasteiger partial charge in [0.2, 0.25) is 0 Å². The summed E-state index contributed by atoms with van der Waals surface area (Å²) >= 11 is 0. The molecule has 1 saturated heterocycles. The predicted molar refractivity (Wildman–Crippen MR) is 66.5 cm³/mol. The number of nitrogens with one attached hydrogen (secondary N) is 1. The van der Waals surface area contributed by atoms with Gasteiger partial charge in [0.15, 0.2) is 0 Å². The van der Waals surface area contributed by atoms with Crippen molar-refractivity contribution in [2.75, 3.05) is 20.1 Å². The predicted octanol–water partition coefficient (Wildman–Crippen LogP) is 0.157. The number of carbonyl (C=O) groups excluding carboxylic acids is 2. The van der Waals surface area contributed by atoms with Crippen LogP contribution >= 0.6 is 0 Å². The molecule has 1 aliphatic rings. The van der Waals surface area contributed by atoms with Crippen LogP contribution in [0.15, 0.2) is 24.3 Å². The number of hydrogen-bond acceptors (Lipinski definition) is 3. The molecule has 6 nitrogen and oxygen atoms in total. The Kier molecular flexibility index (Phi) is 3.47. The number of benzene rings is 1. The number of rotatable bonds is 3. The molecule has 0 atom stereocenters. The zero-order chi connectivity index (χ0) is 13.1. The van der Waals surface area contributed by atoms with Crippen molar-refractivity contribution in [2.24, 2.45) is 5.84 Å². The van der Waals surface area contributed by atoms with Crippen LogP contribution < -0.4 is 11.3 Å². The van der Waals surface area contributed by atoms with Gasteiger partial charge in [-0.3, -0.25) is 10.2 Å². The van der Waals surface area contributed by atoms with Crippen LogP contribution in [-0.4, -0.2) is 41.9 Å².